The first-order chi connectivity index (χ1) is 8.09. The normalized spacial score (nSPS) is 14.8. The molecule has 0 spiro atoms. The number of hydrogen-bond donors (Lipinski definition) is 1. The van der Waals surface area contributed by atoms with Crippen LogP contribution in [0.25, 0.3) is 0 Å². The van der Waals surface area contributed by atoms with Gasteiger partial charge in [-0.3, -0.25) is 4.21 Å². The van der Waals surface area contributed by atoms with Gasteiger partial charge in [0.25, 0.3) is 0 Å². The standard InChI is InChI=1S/C13H21NO2S/c1-12(15)8-9-14(2)10-11-17(16)13-6-4-3-5-7-13/h3-7,12,15H,8-11H2,1-2H3. The van der Waals surface area contributed by atoms with Gasteiger partial charge in [0, 0.05) is 23.7 Å². The van der Waals surface area contributed by atoms with Crippen molar-refractivity contribution in [3.05, 3.63) is 30.3 Å². The highest BCUT2D eigenvalue weighted by atomic mass is 32.2. The average Bonchev–Trinajstić information content (AvgIpc) is 2.34. The lowest BCUT2D eigenvalue weighted by Crippen LogP contribution is -2.26. The fraction of sp³-hybridized carbons (Fsp3) is 0.538. The molecule has 1 aromatic rings. The van der Waals surface area contributed by atoms with E-state index in [1.165, 1.54) is 0 Å². The van der Waals surface area contributed by atoms with Gasteiger partial charge in [0.05, 0.1) is 16.9 Å². The third kappa shape index (κ3) is 5.96. The van der Waals surface area contributed by atoms with E-state index >= 15 is 0 Å². The Morgan fingerprint density at radius 1 is 1.29 bits per heavy atom. The first kappa shape index (κ1) is 14.4. The minimum absolute atomic E-state index is 0.267. The molecule has 0 aromatic heterocycles. The zero-order valence-electron chi connectivity index (χ0n) is 10.5. The predicted octanol–water partition coefficient (Wildman–Crippen LogP) is 1.50. The molecule has 17 heavy (non-hydrogen) atoms. The first-order valence-corrected chi connectivity index (χ1v) is 7.21. The molecule has 1 aromatic carbocycles. The quantitative estimate of drug-likeness (QED) is 0.802. The molecule has 0 saturated carbocycles. The Morgan fingerprint density at radius 2 is 1.94 bits per heavy atom. The zero-order valence-corrected chi connectivity index (χ0v) is 11.3. The monoisotopic (exact) mass is 255 g/mol. The minimum Gasteiger partial charge on any atom is -0.393 e. The third-order valence-corrected chi connectivity index (χ3v) is 3.94. The molecule has 2 unspecified atom stereocenters. The Morgan fingerprint density at radius 3 is 2.53 bits per heavy atom. The summed E-state index contributed by atoms with van der Waals surface area (Å²) in [6.07, 6.45) is 0.492. The summed E-state index contributed by atoms with van der Waals surface area (Å²) in [7, 11) is 1.07. The van der Waals surface area contributed by atoms with Crippen LogP contribution < -0.4 is 0 Å². The van der Waals surface area contributed by atoms with Crippen molar-refractivity contribution in [2.24, 2.45) is 0 Å². The smallest absolute Gasteiger partial charge is 0.0542 e. The van der Waals surface area contributed by atoms with E-state index in [1.807, 2.05) is 37.4 Å². The molecule has 0 aliphatic rings. The van der Waals surface area contributed by atoms with Gasteiger partial charge in [-0.1, -0.05) is 18.2 Å². The van der Waals surface area contributed by atoms with Crippen LogP contribution in [0.1, 0.15) is 13.3 Å². The fourth-order valence-corrected chi connectivity index (χ4v) is 2.62. The second kappa shape index (κ2) is 7.58. The summed E-state index contributed by atoms with van der Waals surface area (Å²) < 4.78 is 11.9. The number of aliphatic hydroxyl groups is 1. The summed E-state index contributed by atoms with van der Waals surface area (Å²) in [4.78, 5) is 2.99. The molecule has 0 aliphatic heterocycles. The van der Waals surface area contributed by atoms with Gasteiger partial charge in [0.1, 0.15) is 0 Å². The molecule has 1 rings (SSSR count). The summed E-state index contributed by atoms with van der Waals surface area (Å²) in [6, 6.07) is 9.53. The van der Waals surface area contributed by atoms with Crippen LogP contribution in [-0.2, 0) is 10.8 Å². The molecule has 2 atom stereocenters. The largest absolute Gasteiger partial charge is 0.393 e. The van der Waals surface area contributed by atoms with E-state index in [0.29, 0.717) is 5.75 Å². The highest BCUT2D eigenvalue weighted by Gasteiger charge is 2.06. The summed E-state index contributed by atoms with van der Waals surface area (Å²) >= 11 is 0. The molecule has 0 radical (unpaired) electrons. The summed E-state index contributed by atoms with van der Waals surface area (Å²) in [5, 5.41) is 9.17. The van der Waals surface area contributed by atoms with Crippen LogP contribution in [0.2, 0.25) is 0 Å². The Labute approximate surface area is 106 Å². The van der Waals surface area contributed by atoms with Crippen LogP contribution in [-0.4, -0.2) is 46.2 Å². The summed E-state index contributed by atoms with van der Waals surface area (Å²) in [6.45, 7) is 3.41. The number of hydrogen-bond acceptors (Lipinski definition) is 3. The maximum absolute atomic E-state index is 11.9. The van der Waals surface area contributed by atoms with E-state index in [2.05, 4.69) is 4.90 Å². The van der Waals surface area contributed by atoms with E-state index in [9.17, 15) is 9.32 Å². The SMILES string of the molecule is CC(O)CCN(C)CCS(=O)c1ccccc1. The molecule has 0 bridgehead atoms. The minimum atomic E-state index is -0.922. The van der Waals surface area contributed by atoms with E-state index in [0.717, 1.165) is 24.4 Å². The molecule has 0 amide bonds. The van der Waals surface area contributed by atoms with Crippen LogP contribution in [0, 0.1) is 0 Å². The van der Waals surface area contributed by atoms with Crippen LogP contribution in [0.4, 0.5) is 0 Å². The topological polar surface area (TPSA) is 40.5 Å². The van der Waals surface area contributed by atoms with Gasteiger partial charge < -0.3 is 10.0 Å². The van der Waals surface area contributed by atoms with E-state index in [4.69, 9.17) is 0 Å². The Kier molecular flexibility index (Phi) is 6.40. The Bertz CT molecular complexity index is 341. The fourth-order valence-electron chi connectivity index (χ4n) is 1.45. The molecular formula is C13H21NO2S. The molecule has 96 valence electrons. The van der Waals surface area contributed by atoms with Crippen LogP contribution in [0.5, 0.6) is 0 Å². The van der Waals surface area contributed by atoms with Crippen LogP contribution in [0.3, 0.4) is 0 Å². The second-order valence-electron chi connectivity index (χ2n) is 4.30. The molecular weight excluding hydrogens is 234 g/mol. The number of rotatable bonds is 7. The molecule has 0 fully saturated rings. The van der Waals surface area contributed by atoms with Crippen molar-refractivity contribution < 1.29 is 9.32 Å². The molecule has 3 nitrogen and oxygen atoms in total. The molecule has 0 aliphatic carbocycles. The van der Waals surface area contributed by atoms with Gasteiger partial charge in [-0.05, 0) is 32.5 Å². The summed E-state index contributed by atoms with van der Waals surface area (Å²) in [5.41, 5.74) is 0. The van der Waals surface area contributed by atoms with Crippen molar-refractivity contribution in [1.82, 2.24) is 4.90 Å². The number of aliphatic hydroxyl groups excluding tert-OH is 1. The van der Waals surface area contributed by atoms with E-state index < -0.39 is 10.8 Å². The van der Waals surface area contributed by atoms with Gasteiger partial charge in [-0.2, -0.15) is 0 Å². The van der Waals surface area contributed by atoms with Gasteiger partial charge in [-0.15, -0.1) is 0 Å². The lowest BCUT2D eigenvalue weighted by atomic mass is 10.3. The maximum atomic E-state index is 11.9. The van der Waals surface area contributed by atoms with Gasteiger partial charge in [-0.25, -0.2) is 0 Å². The average molecular weight is 255 g/mol. The molecule has 4 heteroatoms. The third-order valence-electron chi connectivity index (χ3n) is 2.59. The van der Waals surface area contributed by atoms with Crippen molar-refractivity contribution in [1.29, 1.82) is 0 Å². The number of benzene rings is 1. The summed E-state index contributed by atoms with van der Waals surface area (Å²) in [5.74, 6) is 0.639. The highest BCUT2D eigenvalue weighted by Crippen LogP contribution is 2.05. The van der Waals surface area contributed by atoms with Crippen molar-refractivity contribution >= 4 is 10.8 Å². The predicted molar refractivity (Wildman–Crippen MR) is 71.5 cm³/mol. The van der Waals surface area contributed by atoms with Crippen LogP contribution >= 0.6 is 0 Å². The van der Waals surface area contributed by atoms with Crippen molar-refractivity contribution in [2.45, 2.75) is 24.3 Å². The Hall–Kier alpha value is -0.710. The molecule has 0 heterocycles. The Balaban J connectivity index is 2.29. The first-order valence-electron chi connectivity index (χ1n) is 5.89. The highest BCUT2D eigenvalue weighted by molar-refractivity contribution is 7.85. The van der Waals surface area contributed by atoms with Crippen molar-refractivity contribution in [3.8, 4) is 0 Å². The lowest BCUT2D eigenvalue weighted by Gasteiger charge is -2.17. The molecule has 0 saturated heterocycles. The van der Waals surface area contributed by atoms with E-state index in [-0.39, 0.29) is 6.10 Å². The number of nitrogens with zero attached hydrogens (tertiary/aromatic N) is 1. The maximum Gasteiger partial charge on any atom is 0.0542 e. The van der Waals surface area contributed by atoms with Gasteiger partial charge in [0.2, 0.25) is 0 Å². The zero-order chi connectivity index (χ0) is 12.7. The van der Waals surface area contributed by atoms with Gasteiger partial charge >= 0.3 is 0 Å². The molecule has 1 N–H and O–H groups in total. The lowest BCUT2D eigenvalue weighted by molar-refractivity contribution is 0.166. The van der Waals surface area contributed by atoms with E-state index in [1.54, 1.807) is 6.92 Å². The second-order valence-corrected chi connectivity index (χ2v) is 5.87. The van der Waals surface area contributed by atoms with Crippen LogP contribution in [0.15, 0.2) is 35.2 Å². The van der Waals surface area contributed by atoms with Crippen molar-refractivity contribution in [2.75, 3.05) is 25.9 Å². The van der Waals surface area contributed by atoms with Gasteiger partial charge in [0.15, 0.2) is 0 Å². The van der Waals surface area contributed by atoms with Crippen molar-refractivity contribution in [3.63, 3.8) is 0 Å².